The van der Waals surface area contributed by atoms with Gasteiger partial charge in [-0.2, -0.15) is 0 Å². The first-order chi connectivity index (χ1) is 23.2. The number of carbonyl (C=O) groups excluding carboxylic acids is 5. The standard InChI is InChI=1S/C35H46N6O6S/c1-24-29-19-32(44)40-12-9-27(17-30(42)36-20-25-5-3-2-4-6-25)28(21-40)18-31(43)41(23-34(46)39-13-15-47-16-14-39)22-33(45)38-10-7-26(8-11-38)35(37-29)48-24/h2-6,26-28H,7-23H2,1H3,(H,36,42)/t27-,28-/m0/s1. The molecule has 5 aliphatic rings. The number of hydrogen-bond acceptors (Lipinski definition) is 8. The molecule has 1 aromatic heterocycles. The molecule has 2 atom stereocenters. The summed E-state index contributed by atoms with van der Waals surface area (Å²) in [4.78, 5) is 80.6. The van der Waals surface area contributed by atoms with E-state index in [0.29, 0.717) is 65.4 Å². The van der Waals surface area contributed by atoms with Crippen molar-refractivity contribution in [3.8, 4) is 0 Å². The molecule has 6 bridgehead atoms. The molecule has 13 heteroatoms. The number of carbonyl (C=O) groups is 5. The first-order valence-corrected chi connectivity index (χ1v) is 18.0. The number of amides is 5. The number of nitrogens with one attached hydrogen (secondary N) is 1. The van der Waals surface area contributed by atoms with E-state index in [-0.39, 0.29) is 79.6 Å². The summed E-state index contributed by atoms with van der Waals surface area (Å²) < 4.78 is 5.40. The number of hydrogen-bond donors (Lipinski definition) is 1. The summed E-state index contributed by atoms with van der Waals surface area (Å²) in [5.41, 5.74) is 1.79. The molecule has 258 valence electrons. The molecule has 12 nitrogen and oxygen atoms in total. The third-order valence-electron chi connectivity index (χ3n) is 10.3. The Morgan fingerprint density at radius 1 is 0.938 bits per heavy atom. The predicted octanol–water partition coefficient (Wildman–Crippen LogP) is 1.96. The normalized spacial score (nSPS) is 24.1. The first kappa shape index (κ1) is 34.0. The predicted molar refractivity (Wildman–Crippen MR) is 179 cm³/mol. The van der Waals surface area contributed by atoms with Gasteiger partial charge in [0.05, 0.1) is 30.3 Å². The molecule has 2 aromatic rings. The summed E-state index contributed by atoms with van der Waals surface area (Å²) >= 11 is 1.64. The maximum atomic E-state index is 14.1. The lowest BCUT2D eigenvalue weighted by molar-refractivity contribution is -0.148. The third kappa shape index (κ3) is 8.41. The topological polar surface area (TPSA) is 132 Å². The summed E-state index contributed by atoms with van der Waals surface area (Å²) in [6.07, 6.45) is 2.55. The number of piperidine rings is 2. The van der Waals surface area contributed by atoms with Gasteiger partial charge in [-0.15, -0.1) is 11.3 Å². The van der Waals surface area contributed by atoms with Gasteiger partial charge in [0.1, 0.15) is 13.1 Å². The van der Waals surface area contributed by atoms with Crippen LogP contribution in [-0.2, 0) is 41.7 Å². The summed E-state index contributed by atoms with van der Waals surface area (Å²) in [6, 6.07) is 9.69. The maximum absolute atomic E-state index is 14.1. The molecule has 5 amide bonds. The van der Waals surface area contributed by atoms with Crippen LogP contribution in [0, 0.1) is 18.8 Å². The highest BCUT2D eigenvalue weighted by atomic mass is 32.1. The highest BCUT2D eigenvalue weighted by Crippen LogP contribution is 2.34. The average Bonchev–Trinajstić information content (AvgIpc) is 3.47. The summed E-state index contributed by atoms with van der Waals surface area (Å²) in [7, 11) is 0. The van der Waals surface area contributed by atoms with Gasteiger partial charge in [0.25, 0.3) is 0 Å². The Kier molecular flexibility index (Phi) is 11.1. The Hall–Kier alpha value is -3.84. The molecule has 0 spiro atoms. The lowest BCUT2D eigenvalue weighted by Crippen LogP contribution is -2.52. The van der Waals surface area contributed by atoms with Crippen molar-refractivity contribution in [1.29, 1.82) is 0 Å². The van der Waals surface area contributed by atoms with Crippen molar-refractivity contribution in [2.75, 3.05) is 65.6 Å². The SMILES string of the molecule is Cc1sc2nc1CC(=O)N1CC[C@@H](CC(=O)NCc3ccccc3)[C@@H](CC(=O)N(CC(=O)N3CCOCC3)CC(=O)N3CCC2CC3)C1. The minimum absolute atomic E-state index is 0.0338. The smallest absolute Gasteiger partial charge is 0.242 e. The molecule has 7 rings (SSSR count). The highest BCUT2D eigenvalue weighted by molar-refractivity contribution is 7.11. The van der Waals surface area contributed by atoms with Crippen LogP contribution < -0.4 is 5.32 Å². The van der Waals surface area contributed by atoms with E-state index in [4.69, 9.17) is 9.72 Å². The van der Waals surface area contributed by atoms with Crippen molar-refractivity contribution < 1.29 is 28.7 Å². The Labute approximate surface area is 285 Å². The Balaban J connectivity index is 1.23. The van der Waals surface area contributed by atoms with Crippen LogP contribution in [0.25, 0.3) is 0 Å². The van der Waals surface area contributed by atoms with E-state index < -0.39 is 0 Å². The average molecular weight is 679 g/mol. The second-order valence-electron chi connectivity index (χ2n) is 13.4. The minimum atomic E-state index is -0.312. The lowest BCUT2D eigenvalue weighted by Gasteiger charge is -2.39. The number of morpholine rings is 1. The van der Waals surface area contributed by atoms with E-state index in [9.17, 15) is 24.0 Å². The van der Waals surface area contributed by atoms with Crippen molar-refractivity contribution in [3.05, 3.63) is 51.5 Å². The van der Waals surface area contributed by atoms with Crippen molar-refractivity contribution >= 4 is 40.9 Å². The number of ether oxygens (including phenoxy) is 1. The van der Waals surface area contributed by atoms with Gasteiger partial charge >= 0.3 is 0 Å². The first-order valence-electron chi connectivity index (χ1n) is 17.2. The molecule has 0 saturated carbocycles. The fraction of sp³-hybridized carbons (Fsp3) is 0.600. The number of rotatable bonds is 6. The quantitative estimate of drug-likeness (QED) is 0.494. The van der Waals surface area contributed by atoms with E-state index in [1.807, 2.05) is 37.3 Å². The largest absolute Gasteiger partial charge is 0.378 e. The van der Waals surface area contributed by atoms with E-state index in [2.05, 4.69) is 5.32 Å². The van der Waals surface area contributed by atoms with Crippen molar-refractivity contribution in [3.63, 3.8) is 0 Å². The van der Waals surface area contributed by atoms with Gasteiger partial charge in [0, 0.05) is 69.4 Å². The zero-order valence-electron chi connectivity index (χ0n) is 27.7. The Bertz CT molecular complexity index is 1490. The van der Waals surface area contributed by atoms with Gasteiger partial charge in [-0.1, -0.05) is 30.3 Å². The second kappa shape index (κ2) is 15.6. The summed E-state index contributed by atoms with van der Waals surface area (Å²) in [5.74, 6) is -1.08. The van der Waals surface area contributed by atoms with Crippen LogP contribution >= 0.6 is 11.3 Å². The minimum Gasteiger partial charge on any atom is -0.378 e. The third-order valence-corrected chi connectivity index (χ3v) is 11.4. The van der Waals surface area contributed by atoms with Crippen LogP contribution in [0.5, 0.6) is 0 Å². The summed E-state index contributed by atoms with van der Waals surface area (Å²) in [6.45, 7) is 5.72. The fourth-order valence-corrected chi connectivity index (χ4v) is 8.37. The maximum Gasteiger partial charge on any atom is 0.242 e. The zero-order valence-corrected chi connectivity index (χ0v) is 28.5. The fourth-order valence-electron chi connectivity index (χ4n) is 7.26. The monoisotopic (exact) mass is 678 g/mol. The van der Waals surface area contributed by atoms with E-state index in [1.54, 1.807) is 26.0 Å². The molecular formula is C35H46N6O6S. The van der Waals surface area contributed by atoms with Gasteiger partial charge in [0.15, 0.2) is 0 Å². The van der Waals surface area contributed by atoms with Gasteiger partial charge in [-0.3, -0.25) is 24.0 Å². The molecule has 6 heterocycles. The van der Waals surface area contributed by atoms with Crippen LogP contribution in [0.1, 0.15) is 59.2 Å². The molecular weight excluding hydrogens is 632 g/mol. The van der Waals surface area contributed by atoms with Gasteiger partial charge in [-0.05, 0) is 43.6 Å². The number of fused-ring (bicyclic) bond motifs is 7. The van der Waals surface area contributed by atoms with Crippen LogP contribution in [0.2, 0.25) is 0 Å². The van der Waals surface area contributed by atoms with E-state index in [1.165, 1.54) is 4.90 Å². The highest BCUT2D eigenvalue weighted by Gasteiger charge is 2.37. The van der Waals surface area contributed by atoms with Crippen molar-refractivity contribution in [2.45, 2.75) is 57.9 Å². The van der Waals surface area contributed by atoms with E-state index >= 15 is 0 Å². The molecule has 0 unspecified atom stereocenters. The van der Waals surface area contributed by atoms with Crippen LogP contribution in [0.15, 0.2) is 30.3 Å². The number of aromatic nitrogens is 1. The second-order valence-corrected chi connectivity index (χ2v) is 14.7. The molecule has 1 aromatic carbocycles. The molecule has 48 heavy (non-hydrogen) atoms. The van der Waals surface area contributed by atoms with Crippen molar-refractivity contribution in [1.82, 2.24) is 29.9 Å². The number of thiazole rings is 1. The van der Waals surface area contributed by atoms with Crippen LogP contribution in [0.4, 0.5) is 0 Å². The van der Waals surface area contributed by atoms with Crippen LogP contribution in [0.3, 0.4) is 0 Å². The van der Waals surface area contributed by atoms with Gasteiger partial charge in [0.2, 0.25) is 29.5 Å². The van der Waals surface area contributed by atoms with Crippen LogP contribution in [-0.4, -0.2) is 120 Å². The molecule has 3 saturated heterocycles. The number of benzene rings is 1. The Morgan fingerprint density at radius 3 is 2.42 bits per heavy atom. The molecule has 1 N–H and O–H groups in total. The Morgan fingerprint density at radius 2 is 1.67 bits per heavy atom. The molecule has 5 aliphatic heterocycles. The summed E-state index contributed by atoms with van der Waals surface area (Å²) in [5, 5.41) is 4.02. The molecule has 0 aliphatic carbocycles. The van der Waals surface area contributed by atoms with E-state index in [0.717, 1.165) is 34.0 Å². The van der Waals surface area contributed by atoms with Crippen molar-refractivity contribution in [2.24, 2.45) is 11.8 Å². The van der Waals surface area contributed by atoms with Gasteiger partial charge < -0.3 is 29.7 Å². The lowest BCUT2D eigenvalue weighted by atomic mass is 9.80. The number of aryl methyl sites for hydroxylation is 1. The zero-order chi connectivity index (χ0) is 33.6. The molecule has 0 radical (unpaired) electrons. The molecule has 3 fully saturated rings. The number of nitrogens with zero attached hydrogens (tertiary/aromatic N) is 5. The van der Waals surface area contributed by atoms with Gasteiger partial charge in [-0.25, -0.2) is 4.98 Å².